The van der Waals surface area contributed by atoms with Crippen molar-refractivity contribution in [3.63, 3.8) is 0 Å². The lowest BCUT2D eigenvalue weighted by Gasteiger charge is -2.52. The molecule has 2 fully saturated rings. The van der Waals surface area contributed by atoms with Gasteiger partial charge in [-0.15, -0.1) is 6.58 Å². The number of methoxy groups -OCH3 is 1. The molecule has 0 aromatic heterocycles. The molecule has 0 spiro atoms. The number of hydrogen-bond acceptors (Lipinski definition) is 5. The minimum absolute atomic E-state index is 0.00698. The third-order valence-electron chi connectivity index (χ3n) is 5.99. The van der Waals surface area contributed by atoms with Crippen molar-refractivity contribution in [3.05, 3.63) is 78.4 Å². The topological polar surface area (TPSA) is 85.4 Å². The van der Waals surface area contributed by atoms with Crippen molar-refractivity contribution in [3.8, 4) is 5.75 Å². The summed E-state index contributed by atoms with van der Waals surface area (Å²) < 4.78 is 5.20. The first-order chi connectivity index (χ1) is 16.5. The predicted octanol–water partition coefficient (Wildman–Crippen LogP) is 1.82. The summed E-state index contributed by atoms with van der Waals surface area (Å²) in [6.45, 7) is 4.99. The van der Waals surface area contributed by atoms with Crippen LogP contribution in [0.5, 0.6) is 5.75 Å². The summed E-state index contributed by atoms with van der Waals surface area (Å²) in [5, 5.41) is 6.18. The molecule has 4 rings (SSSR count). The number of benzene rings is 2. The number of urea groups is 1. The van der Waals surface area contributed by atoms with E-state index >= 15 is 0 Å². The number of nitrogens with one attached hydrogen (secondary N) is 1. The van der Waals surface area contributed by atoms with Gasteiger partial charge in [0.2, 0.25) is 11.8 Å². The molecule has 9 nitrogen and oxygen atoms in total. The van der Waals surface area contributed by atoms with E-state index in [1.165, 1.54) is 4.90 Å². The average molecular weight is 464 g/mol. The van der Waals surface area contributed by atoms with Gasteiger partial charge in [-0.2, -0.15) is 0 Å². The number of rotatable bonds is 7. The second kappa shape index (κ2) is 10.4. The standard InChI is InChI=1S/C25H29N5O4/c1-3-13-28-17-24(32)29-18-23(31)27(15-20-9-11-21(34-2)12-10-20)16-22(29)30(28)25(33)26-14-19-7-5-4-6-8-19/h3-12,22H,1,13-18H2,2H3,(H,26,33). The van der Waals surface area contributed by atoms with Crippen molar-refractivity contribution in [1.82, 2.24) is 25.1 Å². The molecule has 2 aliphatic heterocycles. The van der Waals surface area contributed by atoms with E-state index in [9.17, 15) is 14.4 Å². The van der Waals surface area contributed by atoms with Crippen LogP contribution in [0.25, 0.3) is 0 Å². The normalized spacial score (nSPS) is 18.5. The van der Waals surface area contributed by atoms with Gasteiger partial charge in [0, 0.05) is 19.6 Å². The summed E-state index contributed by atoms with van der Waals surface area (Å²) in [5.74, 6) is 0.401. The fraction of sp³-hybridized carbons (Fsp3) is 0.320. The highest BCUT2D eigenvalue weighted by atomic mass is 16.5. The van der Waals surface area contributed by atoms with Gasteiger partial charge in [0.25, 0.3) is 0 Å². The van der Waals surface area contributed by atoms with Crippen LogP contribution in [0.4, 0.5) is 4.79 Å². The number of carbonyl (C=O) groups excluding carboxylic acids is 3. The largest absolute Gasteiger partial charge is 0.497 e. The molecule has 2 heterocycles. The monoisotopic (exact) mass is 463 g/mol. The molecule has 0 aliphatic carbocycles. The van der Waals surface area contributed by atoms with Crippen molar-refractivity contribution in [2.75, 3.05) is 33.3 Å². The molecule has 2 aromatic rings. The molecule has 9 heteroatoms. The van der Waals surface area contributed by atoms with Crippen molar-refractivity contribution in [2.45, 2.75) is 19.3 Å². The molecule has 2 aliphatic rings. The van der Waals surface area contributed by atoms with E-state index in [2.05, 4.69) is 11.9 Å². The summed E-state index contributed by atoms with van der Waals surface area (Å²) in [6, 6.07) is 16.8. The lowest BCUT2D eigenvalue weighted by atomic mass is 10.1. The van der Waals surface area contributed by atoms with E-state index in [-0.39, 0.29) is 37.5 Å². The highest BCUT2D eigenvalue weighted by Gasteiger charge is 2.46. The lowest BCUT2D eigenvalue weighted by molar-refractivity contribution is -0.180. The van der Waals surface area contributed by atoms with Gasteiger partial charge in [0.15, 0.2) is 0 Å². The number of ether oxygens (including phenoxy) is 1. The molecular formula is C25H29N5O4. The summed E-state index contributed by atoms with van der Waals surface area (Å²) in [6.07, 6.45) is 1.05. The number of hydrazine groups is 1. The second-order valence-corrected chi connectivity index (χ2v) is 8.25. The molecule has 0 saturated carbocycles. The number of nitrogens with zero attached hydrogens (tertiary/aromatic N) is 4. The van der Waals surface area contributed by atoms with E-state index in [1.54, 1.807) is 28.1 Å². The zero-order valence-electron chi connectivity index (χ0n) is 19.2. The SMILES string of the molecule is C=CCN1CC(=O)N2CC(=O)N(Cc3ccc(OC)cc3)CC2N1C(=O)NCc1ccccc1. The number of hydrogen-bond donors (Lipinski definition) is 1. The summed E-state index contributed by atoms with van der Waals surface area (Å²) in [4.78, 5) is 42.2. The summed E-state index contributed by atoms with van der Waals surface area (Å²) in [5.41, 5.74) is 1.91. The highest BCUT2D eigenvalue weighted by molar-refractivity contribution is 5.89. The smallest absolute Gasteiger partial charge is 0.334 e. The summed E-state index contributed by atoms with van der Waals surface area (Å²) in [7, 11) is 1.60. The number of carbonyl (C=O) groups is 3. The Balaban J connectivity index is 1.54. The van der Waals surface area contributed by atoms with E-state index in [0.29, 0.717) is 19.6 Å². The minimum atomic E-state index is -0.604. The number of piperazine rings is 1. The Hall–Kier alpha value is -3.85. The van der Waals surface area contributed by atoms with Crippen molar-refractivity contribution in [1.29, 1.82) is 0 Å². The first-order valence-corrected chi connectivity index (χ1v) is 11.2. The number of fused-ring (bicyclic) bond motifs is 1. The Morgan fingerprint density at radius 2 is 1.79 bits per heavy atom. The fourth-order valence-corrected chi connectivity index (χ4v) is 4.25. The molecule has 0 radical (unpaired) electrons. The van der Waals surface area contributed by atoms with Gasteiger partial charge >= 0.3 is 6.03 Å². The summed E-state index contributed by atoms with van der Waals surface area (Å²) >= 11 is 0. The van der Waals surface area contributed by atoms with Gasteiger partial charge in [-0.1, -0.05) is 48.5 Å². The maximum absolute atomic E-state index is 13.3. The minimum Gasteiger partial charge on any atom is -0.497 e. The molecule has 34 heavy (non-hydrogen) atoms. The van der Waals surface area contributed by atoms with Gasteiger partial charge < -0.3 is 19.9 Å². The van der Waals surface area contributed by atoms with Crippen LogP contribution >= 0.6 is 0 Å². The van der Waals surface area contributed by atoms with Gasteiger partial charge in [-0.05, 0) is 23.3 Å². The van der Waals surface area contributed by atoms with Crippen molar-refractivity contribution in [2.24, 2.45) is 0 Å². The molecular weight excluding hydrogens is 434 g/mol. The Morgan fingerprint density at radius 1 is 1.06 bits per heavy atom. The first kappa shape index (κ1) is 23.3. The Labute approximate surface area is 199 Å². The molecule has 1 atom stereocenters. The Morgan fingerprint density at radius 3 is 2.47 bits per heavy atom. The van der Waals surface area contributed by atoms with E-state index in [4.69, 9.17) is 4.74 Å². The third-order valence-corrected chi connectivity index (χ3v) is 5.99. The molecule has 2 aromatic carbocycles. The van der Waals surface area contributed by atoms with Crippen LogP contribution in [-0.2, 0) is 22.7 Å². The van der Waals surface area contributed by atoms with Crippen LogP contribution in [0, 0.1) is 0 Å². The lowest BCUT2D eigenvalue weighted by Crippen LogP contribution is -2.73. The van der Waals surface area contributed by atoms with Crippen LogP contribution in [0.1, 0.15) is 11.1 Å². The van der Waals surface area contributed by atoms with Crippen LogP contribution in [-0.4, -0.2) is 77.1 Å². The van der Waals surface area contributed by atoms with Crippen LogP contribution < -0.4 is 10.1 Å². The molecule has 178 valence electrons. The maximum Gasteiger partial charge on any atom is 0.334 e. The molecule has 0 bridgehead atoms. The van der Waals surface area contributed by atoms with Crippen molar-refractivity contribution < 1.29 is 19.1 Å². The molecule has 2 saturated heterocycles. The molecule has 1 unspecified atom stereocenters. The Bertz CT molecular complexity index is 1040. The quantitative estimate of drug-likeness (QED) is 0.634. The van der Waals surface area contributed by atoms with Crippen LogP contribution in [0.15, 0.2) is 67.3 Å². The van der Waals surface area contributed by atoms with E-state index in [1.807, 2.05) is 54.6 Å². The Kier molecular flexibility index (Phi) is 7.12. The third kappa shape index (κ3) is 5.04. The highest BCUT2D eigenvalue weighted by Crippen LogP contribution is 2.24. The zero-order valence-corrected chi connectivity index (χ0v) is 19.2. The van der Waals surface area contributed by atoms with Gasteiger partial charge in [-0.3, -0.25) is 9.59 Å². The average Bonchev–Trinajstić information content (AvgIpc) is 2.85. The molecule has 4 amide bonds. The van der Waals surface area contributed by atoms with Crippen molar-refractivity contribution >= 4 is 17.8 Å². The maximum atomic E-state index is 13.3. The second-order valence-electron chi connectivity index (χ2n) is 8.25. The zero-order chi connectivity index (χ0) is 24.1. The van der Waals surface area contributed by atoms with E-state index < -0.39 is 6.17 Å². The number of amides is 4. The van der Waals surface area contributed by atoms with Gasteiger partial charge in [0.1, 0.15) is 18.5 Å². The molecule has 1 N–H and O–H groups in total. The fourth-order valence-electron chi connectivity index (χ4n) is 4.25. The first-order valence-electron chi connectivity index (χ1n) is 11.2. The van der Waals surface area contributed by atoms with E-state index in [0.717, 1.165) is 16.9 Å². The predicted molar refractivity (Wildman–Crippen MR) is 126 cm³/mol. The van der Waals surface area contributed by atoms with Gasteiger partial charge in [-0.25, -0.2) is 14.8 Å². The van der Waals surface area contributed by atoms with Crippen LogP contribution in [0.2, 0.25) is 0 Å². The van der Waals surface area contributed by atoms with Crippen LogP contribution in [0.3, 0.4) is 0 Å². The van der Waals surface area contributed by atoms with Gasteiger partial charge in [0.05, 0.1) is 20.2 Å².